The van der Waals surface area contributed by atoms with E-state index in [0.29, 0.717) is 17.4 Å². The van der Waals surface area contributed by atoms with Crippen molar-refractivity contribution in [2.24, 2.45) is 5.41 Å². The highest BCUT2D eigenvalue weighted by molar-refractivity contribution is 6.32. The van der Waals surface area contributed by atoms with Crippen LogP contribution in [0.1, 0.15) is 38.3 Å². The highest BCUT2D eigenvalue weighted by atomic mass is 35.5. The lowest BCUT2D eigenvalue weighted by atomic mass is 9.95. The van der Waals surface area contributed by atoms with Crippen molar-refractivity contribution >= 4 is 11.6 Å². The molecule has 1 atom stereocenters. The Labute approximate surface area is 160 Å². The number of benzene rings is 1. The fourth-order valence-electron chi connectivity index (χ4n) is 3.20. The third kappa shape index (κ3) is 5.47. The highest BCUT2D eigenvalue weighted by Gasteiger charge is 2.26. The van der Waals surface area contributed by atoms with Crippen molar-refractivity contribution in [2.75, 3.05) is 32.8 Å². The topological polar surface area (TPSA) is 50.4 Å². The molecule has 6 heteroatoms. The first-order chi connectivity index (χ1) is 12.4. The van der Waals surface area contributed by atoms with Gasteiger partial charge < -0.3 is 9.47 Å². The minimum atomic E-state index is 0.0283. The minimum Gasteiger partial charge on any atom is -0.492 e. The van der Waals surface area contributed by atoms with E-state index in [2.05, 4.69) is 41.9 Å². The van der Waals surface area contributed by atoms with Crippen molar-refractivity contribution in [3.05, 3.63) is 46.7 Å². The molecule has 0 saturated carbocycles. The number of H-pyrrole nitrogens is 1. The summed E-state index contributed by atoms with van der Waals surface area (Å²) in [4.78, 5) is 2.46. The zero-order chi connectivity index (χ0) is 18.6. The molecule has 5 nitrogen and oxygen atoms in total. The monoisotopic (exact) mass is 377 g/mol. The summed E-state index contributed by atoms with van der Waals surface area (Å²) in [5.41, 5.74) is 2.30. The molecule has 1 aromatic heterocycles. The van der Waals surface area contributed by atoms with Gasteiger partial charge in [0.1, 0.15) is 11.9 Å². The van der Waals surface area contributed by atoms with E-state index >= 15 is 0 Å². The molecule has 1 N–H and O–H groups in total. The molecule has 1 aromatic carbocycles. The largest absolute Gasteiger partial charge is 0.492 e. The number of para-hydroxylation sites is 1. The van der Waals surface area contributed by atoms with Gasteiger partial charge in [-0.15, -0.1) is 0 Å². The van der Waals surface area contributed by atoms with E-state index in [4.69, 9.17) is 21.1 Å². The molecule has 0 aliphatic carbocycles. The van der Waals surface area contributed by atoms with Crippen molar-refractivity contribution in [1.29, 1.82) is 0 Å². The van der Waals surface area contributed by atoms with Crippen LogP contribution in [0, 0.1) is 5.41 Å². The van der Waals surface area contributed by atoms with Crippen molar-refractivity contribution in [1.82, 2.24) is 15.1 Å². The van der Waals surface area contributed by atoms with Gasteiger partial charge in [0.15, 0.2) is 0 Å². The first-order valence-electron chi connectivity index (χ1n) is 9.16. The Morgan fingerprint density at radius 3 is 2.92 bits per heavy atom. The lowest BCUT2D eigenvalue weighted by molar-refractivity contribution is -0.0407. The molecule has 0 unspecified atom stereocenters. The zero-order valence-corrected chi connectivity index (χ0v) is 16.6. The van der Waals surface area contributed by atoms with E-state index in [1.807, 2.05) is 24.3 Å². The molecule has 1 saturated heterocycles. The number of morpholine rings is 1. The second kappa shape index (κ2) is 8.42. The smallest absolute Gasteiger partial charge is 0.137 e. The summed E-state index contributed by atoms with van der Waals surface area (Å²) in [6, 6.07) is 9.60. The van der Waals surface area contributed by atoms with E-state index in [9.17, 15) is 0 Å². The number of aromatic amines is 1. The van der Waals surface area contributed by atoms with E-state index in [0.717, 1.165) is 44.0 Å². The number of halogens is 1. The average molecular weight is 378 g/mol. The van der Waals surface area contributed by atoms with Crippen molar-refractivity contribution < 1.29 is 9.47 Å². The maximum Gasteiger partial charge on any atom is 0.137 e. The maximum atomic E-state index is 6.10. The second-order valence-corrected chi connectivity index (χ2v) is 8.41. The highest BCUT2D eigenvalue weighted by Crippen LogP contribution is 2.25. The lowest BCUT2D eigenvalue weighted by Gasteiger charge is -2.36. The van der Waals surface area contributed by atoms with Crippen LogP contribution in [0.3, 0.4) is 0 Å². The van der Waals surface area contributed by atoms with Gasteiger partial charge in [-0.05, 0) is 23.6 Å². The summed E-state index contributed by atoms with van der Waals surface area (Å²) in [7, 11) is 0. The van der Waals surface area contributed by atoms with Gasteiger partial charge in [-0.1, -0.05) is 44.5 Å². The summed E-state index contributed by atoms with van der Waals surface area (Å²) in [5.74, 6) is 0.711. The molecule has 1 fully saturated rings. The summed E-state index contributed by atoms with van der Waals surface area (Å²) in [5, 5.41) is 8.19. The van der Waals surface area contributed by atoms with Gasteiger partial charge in [0.25, 0.3) is 0 Å². The van der Waals surface area contributed by atoms with Crippen molar-refractivity contribution in [2.45, 2.75) is 33.3 Å². The standard InChI is InChI=1S/C20H28ClN3O2/c1-20(2,3)14-24-9-11-26-19(13-24)17-12-15(22-23-17)8-10-25-18-7-5-4-6-16(18)21/h4-7,12,19H,8-11,13-14H2,1-3H3,(H,22,23)/t19-/m0/s1. The molecule has 0 radical (unpaired) electrons. The van der Waals surface area contributed by atoms with Crippen LogP contribution in [0.15, 0.2) is 30.3 Å². The second-order valence-electron chi connectivity index (χ2n) is 8.00. The van der Waals surface area contributed by atoms with Gasteiger partial charge in [0.2, 0.25) is 0 Å². The Balaban J connectivity index is 1.52. The van der Waals surface area contributed by atoms with Gasteiger partial charge in [0, 0.05) is 31.7 Å². The zero-order valence-electron chi connectivity index (χ0n) is 15.8. The molecule has 2 aromatic rings. The SMILES string of the molecule is CC(C)(C)CN1CCO[C@H](c2cc(CCOc3ccccc3Cl)[nH]n2)C1. The van der Waals surface area contributed by atoms with E-state index in [1.165, 1.54) is 0 Å². The predicted molar refractivity (Wildman–Crippen MR) is 104 cm³/mol. The number of nitrogens with zero attached hydrogens (tertiary/aromatic N) is 2. The van der Waals surface area contributed by atoms with E-state index in [1.54, 1.807) is 0 Å². The summed E-state index contributed by atoms with van der Waals surface area (Å²) < 4.78 is 11.7. The van der Waals surface area contributed by atoms with Crippen LogP contribution in [0.4, 0.5) is 0 Å². The summed E-state index contributed by atoms with van der Waals surface area (Å²) >= 11 is 6.10. The van der Waals surface area contributed by atoms with Crippen molar-refractivity contribution in [3.63, 3.8) is 0 Å². The van der Waals surface area contributed by atoms with Crippen LogP contribution in [0.5, 0.6) is 5.75 Å². The molecule has 0 amide bonds. The summed E-state index contributed by atoms with van der Waals surface area (Å²) in [6.07, 6.45) is 0.775. The molecule has 142 valence electrons. The number of hydrogen-bond donors (Lipinski definition) is 1. The number of hydrogen-bond acceptors (Lipinski definition) is 4. The van der Waals surface area contributed by atoms with Crippen LogP contribution < -0.4 is 4.74 Å². The van der Waals surface area contributed by atoms with Crippen LogP contribution in [-0.4, -0.2) is 47.9 Å². The number of ether oxygens (including phenoxy) is 2. The Kier molecular flexibility index (Phi) is 6.22. The van der Waals surface area contributed by atoms with Crippen LogP contribution >= 0.6 is 11.6 Å². The third-order valence-electron chi connectivity index (χ3n) is 4.29. The fraction of sp³-hybridized carbons (Fsp3) is 0.550. The van der Waals surface area contributed by atoms with Gasteiger partial charge in [-0.2, -0.15) is 5.10 Å². The van der Waals surface area contributed by atoms with Gasteiger partial charge >= 0.3 is 0 Å². The van der Waals surface area contributed by atoms with E-state index < -0.39 is 0 Å². The molecule has 0 spiro atoms. The summed E-state index contributed by atoms with van der Waals surface area (Å²) in [6.45, 7) is 11.0. The molecular formula is C20H28ClN3O2. The normalized spacial score (nSPS) is 18.8. The molecule has 3 rings (SSSR count). The Hall–Kier alpha value is -1.56. The Bertz CT molecular complexity index is 711. The lowest BCUT2D eigenvalue weighted by Crippen LogP contribution is -2.42. The van der Waals surface area contributed by atoms with E-state index in [-0.39, 0.29) is 11.5 Å². The maximum absolute atomic E-state index is 6.10. The van der Waals surface area contributed by atoms with Gasteiger partial charge in [0.05, 0.1) is 23.9 Å². The number of nitrogens with one attached hydrogen (secondary N) is 1. The van der Waals surface area contributed by atoms with Crippen LogP contribution in [0.25, 0.3) is 0 Å². The molecule has 26 heavy (non-hydrogen) atoms. The predicted octanol–water partition coefficient (Wildman–Crippen LogP) is 4.10. The molecule has 1 aliphatic heterocycles. The fourth-order valence-corrected chi connectivity index (χ4v) is 3.39. The van der Waals surface area contributed by atoms with Crippen molar-refractivity contribution in [3.8, 4) is 5.75 Å². The first-order valence-corrected chi connectivity index (χ1v) is 9.54. The van der Waals surface area contributed by atoms with Crippen LogP contribution in [0.2, 0.25) is 5.02 Å². The van der Waals surface area contributed by atoms with Gasteiger partial charge in [-0.25, -0.2) is 0 Å². The molecule has 2 heterocycles. The quantitative estimate of drug-likeness (QED) is 0.823. The third-order valence-corrected chi connectivity index (χ3v) is 4.61. The minimum absolute atomic E-state index is 0.0283. The average Bonchev–Trinajstić information content (AvgIpc) is 3.04. The van der Waals surface area contributed by atoms with Crippen LogP contribution in [-0.2, 0) is 11.2 Å². The Morgan fingerprint density at radius 2 is 2.15 bits per heavy atom. The molecule has 0 bridgehead atoms. The Morgan fingerprint density at radius 1 is 1.35 bits per heavy atom. The molecule has 1 aliphatic rings. The van der Waals surface area contributed by atoms with Gasteiger partial charge in [-0.3, -0.25) is 10.00 Å². The number of rotatable bonds is 6. The number of aromatic nitrogens is 2. The molecular weight excluding hydrogens is 350 g/mol. The first kappa shape index (κ1) is 19.2.